The van der Waals surface area contributed by atoms with E-state index < -0.39 is 27.5 Å². The number of hydrogen-bond acceptors (Lipinski definition) is 8. The summed E-state index contributed by atoms with van der Waals surface area (Å²) in [4.78, 5) is 33.7. The fourth-order valence-electron chi connectivity index (χ4n) is 2.66. The highest BCUT2D eigenvalue weighted by Crippen LogP contribution is 2.31. The third-order valence-electron chi connectivity index (χ3n) is 4.27. The van der Waals surface area contributed by atoms with Crippen molar-refractivity contribution in [3.8, 4) is 17.4 Å². The number of methoxy groups -OCH3 is 1. The molecule has 0 fully saturated rings. The first-order valence-corrected chi connectivity index (χ1v) is 9.37. The molecule has 1 atom stereocenters. The predicted molar refractivity (Wildman–Crippen MR) is 113 cm³/mol. The van der Waals surface area contributed by atoms with Crippen LogP contribution in [0.1, 0.15) is 13.0 Å². The third-order valence-corrected chi connectivity index (χ3v) is 4.52. The number of carbonyl (C=O) groups excluding carboxylic acids is 1. The van der Waals surface area contributed by atoms with E-state index in [1.807, 2.05) is 0 Å². The van der Waals surface area contributed by atoms with Crippen LogP contribution in [0.4, 0.5) is 17.1 Å². The van der Waals surface area contributed by atoms with E-state index in [-0.39, 0.29) is 23.0 Å². The summed E-state index contributed by atoms with van der Waals surface area (Å²) in [6.45, 7) is 1.45. The maximum Gasteiger partial charge on any atom is 0.350 e. The van der Waals surface area contributed by atoms with E-state index in [9.17, 15) is 25.0 Å². The summed E-state index contributed by atoms with van der Waals surface area (Å²) in [6.07, 6.45) is 1.06. The molecule has 1 amide bonds. The average Bonchev–Trinajstić information content (AvgIpc) is 3.19. The van der Waals surface area contributed by atoms with Crippen LogP contribution in [0.25, 0.3) is 0 Å². The molecule has 0 saturated carbocycles. The fourth-order valence-corrected chi connectivity index (χ4v) is 2.79. The first kappa shape index (κ1) is 22.5. The Balaban J connectivity index is 1.84. The van der Waals surface area contributed by atoms with Gasteiger partial charge in [-0.2, -0.15) is 0 Å². The summed E-state index contributed by atoms with van der Waals surface area (Å²) in [7, 11) is 1.22. The third kappa shape index (κ3) is 5.10. The fraction of sp³-hybridized carbons (Fsp3) is 0.158. The second kappa shape index (κ2) is 9.31. The Bertz CT molecular complexity index is 1180. The Morgan fingerprint density at radius 3 is 2.38 bits per heavy atom. The number of aromatic nitrogens is 2. The van der Waals surface area contributed by atoms with Gasteiger partial charge in [-0.05, 0) is 31.2 Å². The average molecular weight is 462 g/mol. The zero-order valence-electron chi connectivity index (χ0n) is 16.7. The van der Waals surface area contributed by atoms with Crippen LogP contribution in [0, 0.1) is 20.2 Å². The number of ether oxygens (including phenoxy) is 2. The van der Waals surface area contributed by atoms with Gasteiger partial charge in [-0.25, -0.2) is 4.68 Å². The van der Waals surface area contributed by atoms with Crippen LogP contribution >= 0.6 is 11.6 Å². The standard InChI is InChI=1S/C19H16ClN5O7/c1-11(23-10-17(25(29)30)19(22-23)31-2)18(26)21-13-7-14(24(27)28)9-16(8-13)32-15-5-3-12(20)4-6-15/h3-11H,1-2H3,(H,21,26). The molecule has 0 radical (unpaired) electrons. The number of halogens is 1. The van der Waals surface area contributed by atoms with E-state index >= 15 is 0 Å². The van der Waals surface area contributed by atoms with Gasteiger partial charge in [0.2, 0.25) is 5.91 Å². The summed E-state index contributed by atoms with van der Waals surface area (Å²) in [6, 6.07) is 9.13. The Kier molecular flexibility index (Phi) is 6.54. The van der Waals surface area contributed by atoms with Crippen LogP contribution in [-0.4, -0.2) is 32.6 Å². The smallest absolute Gasteiger partial charge is 0.350 e. The van der Waals surface area contributed by atoms with Crippen LogP contribution in [0.3, 0.4) is 0 Å². The number of amides is 1. The lowest BCUT2D eigenvalue weighted by atomic mass is 10.2. The lowest BCUT2D eigenvalue weighted by Crippen LogP contribution is -2.24. The van der Waals surface area contributed by atoms with Crippen molar-refractivity contribution in [2.24, 2.45) is 0 Å². The maximum absolute atomic E-state index is 12.7. The van der Waals surface area contributed by atoms with Gasteiger partial charge in [0, 0.05) is 17.2 Å². The largest absolute Gasteiger partial charge is 0.475 e. The summed E-state index contributed by atoms with van der Waals surface area (Å²) in [5.41, 5.74) is -0.620. The first-order chi connectivity index (χ1) is 15.2. The molecule has 0 aliphatic carbocycles. The monoisotopic (exact) mass is 461 g/mol. The maximum atomic E-state index is 12.7. The van der Waals surface area contributed by atoms with Crippen LogP contribution < -0.4 is 14.8 Å². The van der Waals surface area contributed by atoms with Gasteiger partial charge < -0.3 is 14.8 Å². The summed E-state index contributed by atoms with van der Waals surface area (Å²) < 4.78 is 11.5. The van der Waals surface area contributed by atoms with Crippen molar-refractivity contribution < 1.29 is 24.1 Å². The minimum Gasteiger partial charge on any atom is -0.475 e. The van der Waals surface area contributed by atoms with E-state index in [2.05, 4.69) is 10.4 Å². The molecule has 2 aromatic carbocycles. The number of nitrogens with zero attached hydrogens (tertiary/aromatic N) is 4. The topological polar surface area (TPSA) is 152 Å². The Morgan fingerprint density at radius 2 is 1.81 bits per heavy atom. The lowest BCUT2D eigenvalue weighted by Gasteiger charge is -2.13. The highest BCUT2D eigenvalue weighted by molar-refractivity contribution is 6.30. The van der Waals surface area contributed by atoms with E-state index in [1.165, 1.54) is 26.2 Å². The molecule has 0 bridgehead atoms. The van der Waals surface area contributed by atoms with Gasteiger partial charge in [-0.3, -0.25) is 25.0 Å². The van der Waals surface area contributed by atoms with Crippen molar-refractivity contribution in [1.82, 2.24) is 9.78 Å². The van der Waals surface area contributed by atoms with Gasteiger partial charge in [-0.15, -0.1) is 5.10 Å². The second-order valence-electron chi connectivity index (χ2n) is 6.45. The highest BCUT2D eigenvalue weighted by atomic mass is 35.5. The molecule has 32 heavy (non-hydrogen) atoms. The zero-order chi connectivity index (χ0) is 23.4. The normalized spacial score (nSPS) is 11.5. The molecule has 13 heteroatoms. The van der Waals surface area contributed by atoms with Crippen molar-refractivity contribution in [3.05, 3.63) is 73.9 Å². The van der Waals surface area contributed by atoms with Gasteiger partial charge in [0.05, 0.1) is 28.7 Å². The molecule has 3 aromatic rings. The molecular formula is C19H16ClN5O7. The summed E-state index contributed by atoms with van der Waals surface area (Å²) in [5.74, 6) is -0.371. The van der Waals surface area contributed by atoms with Crippen LogP contribution in [-0.2, 0) is 4.79 Å². The van der Waals surface area contributed by atoms with E-state index in [1.54, 1.807) is 24.3 Å². The molecular weight excluding hydrogens is 446 g/mol. The van der Waals surface area contributed by atoms with Gasteiger partial charge in [0.25, 0.3) is 5.69 Å². The number of benzene rings is 2. The number of nitro benzene ring substituents is 1. The summed E-state index contributed by atoms with van der Waals surface area (Å²) >= 11 is 5.84. The van der Waals surface area contributed by atoms with Crippen molar-refractivity contribution in [2.45, 2.75) is 13.0 Å². The Morgan fingerprint density at radius 1 is 1.12 bits per heavy atom. The number of rotatable bonds is 8. The van der Waals surface area contributed by atoms with E-state index in [0.29, 0.717) is 10.8 Å². The van der Waals surface area contributed by atoms with Crippen LogP contribution in [0.15, 0.2) is 48.7 Å². The minimum atomic E-state index is -0.988. The second-order valence-corrected chi connectivity index (χ2v) is 6.89. The SMILES string of the molecule is COc1nn(C(C)C(=O)Nc2cc(Oc3ccc(Cl)cc3)cc([N+](=O)[O-])c2)cc1[N+](=O)[O-]. The molecule has 0 aliphatic rings. The van der Waals surface area contributed by atoms with Crippen molar-refractivity contribution in [3.63, 3.8) is 0 Å². The first-order valence-electron chi connectivity index (χ1n) is 8.99. The quantitative estimate of drug-likeness (QED) is 0.383. The highest BCUT2D eigenvalue weighted by Gasteiger charge is 2.25. The van der Waals surface area contributed by atoms with Gasteiger partial charge in [0.15, 0.2) is 0 Å². The molecule has 0 spiro atoms. The lowest BCUT2D eigenvalue weighted by molar-refractivity contribution is -0.385. The number of hydrogen-bond donors (Lipinski definition) is 1. The molecule has 1 heterocycles. The molecule has 1 N–H and O–H groups in total. The molecule has 1 aromatic heterocycles. The minimum absolute atomic E-state index is 0.0913. The van der Waals surface area contributed by atoms with E-state index in [4.69, 9.17) is 21.1 Å². The molecule has 0 saturated heterocycles. The van der Waals surface area contributed by atoms with Crippen molar-refractivity contribution >= 4 is 34.6 Å². The van der Waals surface area contributed by atoms with Gasteiger partial charge in [-0.1, -0.05) is 11.6 Å². The van der Waals surface area contributed by atoms with Crippen molar-refractivity contribution in [2.75, 3.05) is 12.4 Å². The number of non-ortho nitro benzene ring substituents is 1. The zero-order valence-corrected chi connectivity index (χ0v) is 17.5. The number of nitrogens with one attached hydrogen (secondary N) is 1. The molecule has 166 valence electrons. The Hall–Kier alpha value is -4.19. The van der Waals surface area contributed by atoms with Gasteiger partial charge >= 0.3 is 11.6 Å². The van der Waals surface area contributed by atoms with Crippen molar-refractivity contribution in [1.29, 1.82) is 0 Å². The van der Waals surface area contributed by atoms with Crippen LogP contribution in [0.5, 0.6) is 17.4 Å². The number of carbonyl (C=O) groups is 1. The molecule has 3 rings (SSSR count). The van der Waals surface area contributed by atoms with Crippen LogP contribution in [0.2, 0.25) is 5.02 Å². The molecule has 12 nitrogen and oxygen atoms in total. The molecule has 1 unspecified atom stereocenters. The number of anilines is 1. The van der Waals surface area contributed by atoms with E-state index in [0.717, 1.165) is 16.9 Å². The Labute approximate surface area is 185 Å². The number of nitro groups is 2. The predicted octanol–water partition coefficient (Wildman–Crippen LogP) is 4.35. The molecule has 0 aliphatic heterocycles. The van der Waals surface area contributed by atoms with Gasteiger partial charge in [0.1, 0.15) is 23.7 Å². The summed E-state index contributed by atoms with van der Waals surface area (Å²) in [5, 5.41) is 29.3.